The van der Waals surface area contributed by atoms with Gasteiger partial charge in [0.05, 0.1) is 26.1 Å². The Morgan fingerprint density at radius 3 is 2.65 bits per heavy atom. The zero-order chi connectivity index (χ0) is 22.3. The molecule has 0 unspecified atom stereocenters. The second kappa shape index (κ2) is 8.01. The van der Waals surface area contributed by atoms with Gasteiger partial charge in [-0.3, -0.25) is 19.7 Å². The summed E-state index contributed by atoms with van der Waals surface area (Å²) in [6.45, 7) is 1.74. The number of furan rings is 1. The van der Waals surface area contributed by atoms with Crippen molar-refractivity contribution in [3.05, 3.63) is 85.7 Å². The van der Waals surface area contributed by atoms with E-state index in [-0.39, 0.29) is 32.8 Å². The van der Waals surface area contributed by atoms with Gasteiger partial charge in [-0.25, -0.2) is 9.29 Å². The number of carbonyl (C=O) groups excluding carboxylic acids is 2. The lowest BCUT2D eigenvalue weighted by molar-refractivity contribution is -0.384. The molecule has 1 aliphatic heterocycles. The molecular formula is C21H12ClFN2O5S. The predicted molar refractivity (Wildman–Crippen MR) is 115 cm³/mol. The molecule has 2 heterocycles. The van der Waals surface area contributed by atoms with Crippen molar-refractivity contribution < 1.29 is 23.3 Å². The minimum Gasteiger partial charge on any atom is -0.456 e. The van der Waals surface area contributed by atoms with Gasteiger partial charge < -0.3 is 4.42 Å². The summed E-state index contributed by atoms with van der Waals surface area (Å²) < 4.78 is 19.1. The smallest absolute Gasteiger partial charge is 0.298 e. The third kappa shape index (κ3) is 3.97. The summed E-state index contributed by atoms with van der Waals surface area (Å²) in [6.07, 6.45) is 1.37. The number of nitro groups is 1. The molecular weight excluding hydrogens is 447 g/mol. The summed E-state index contributed by atoms with van der Waals surface area (Å²) in [5.41, 5.74) is 1.07. The van der Waals surface area contributed by atoms with E-state index >= 15 is 0 Å². The number of imide groups is 1. The van der Waals surface area contributed by atoms with Crippen LogP contribution in [-0.2, 0) is 4.79 Å². The van der Waals surface area contributed by atoms with Gasteiger partial charge in [0.1, 0.15) is 17.3 Å². The number of nitro benzene ring substituents is 1. The van der Waals surface area contributed by atoms with E-state index < -0.39 is 21.9 Å². The fourth-order valence-electron chi connectivity index (χ4n) is 3.02. The molecule has 10 heteroatoms. The molecule has 0 N–H and O–H groups in total. The van der Waals surface area contributed by atoms with Crippen LogP contribution < -0.4 is 4.90 Å². The molecule has 156 valence electrons. The maximum atomic E-state index is 13.4. The van der Waals surface area contributed by atoms with Gasteiger partial charge in [-0.1, -0.05) is 17.7 Å². The van der Waals surface area contributed by atoms with Crippen molar-refractivity contribution in [1.82, 2.24) is 0 Å². The van der Waals surface area contributed by atoms with E-state index in [0.29, 0.717) is 17.3 Å². The summed E-state index contributed by atoms with van der Waals surface area (Å²) in [7, 11) is 0. The number of carbonyl (C=O) groups is 2. The van der Waals surface area contributed by atoms with Crippen molar-refractivity contribution in [2.45, 2.75) is 6.92 Å². The Balaban J connectivity index is 1.64. The lowest BCUT2D eigenvalue weighted by Crippen LogP contribution is -2.27. The number of amides is 2. The van der Waals surface area contributed by atoms with Crippen molar-refractivity contribution in [2.24, 2.45) is 0 Å². The molecule has 4 rings (SSSR count). The number of anilines is 1. The van der Waals surface area contributed by atoms with E-state index in [9.17, 15) is 24.1 Å². The molecule has 0 aliphatic carbocycles. The lowest BCUT2D eigenvalue weighted by Gasteiger charge is -2.12. The minimum atomic E-state index is -0.666. The minimum absolute atomic E-state index is 0.0877. The van der Waals surface area contributed by atoms with Crippen LogP contribution in [0, 0.1) is 22.9 Å². The van der Waals surface area contributed by atoms with Crippen LogP contribution in [0.15, 0.2) is 57.9 Å². The maximum absolute atomic E-state index is 13.4. The molecule has 31 heavy (non-hydrogen) atoms. The highest BCUT2D eigenvalue weighted by atomic mass is 35.5. The number of hydrogen-bond donors (Lipinski definition) is 0. The van der Waals surface area contributed by atoms with Crippen molar-refractivity contribution >= 4 is 52.0 Å². The van der Waals surface area contributed by atoms with Gasteiger partial charge in [-0.05, 0) is 60.6 Å². The van der Waals surface area contributed by atoms with Crippen molar-refractivity contribution in [3.63, 3.8) is 0 Å². The second-order valence-corrected chi connectivity index (χ2v) is 8.00. The van der Waals surface area contributed by atoms with Gasteiger partial charge in [0.25, 0.3) is 16.8 Å². The molecule has 1 saturated heterocycles. The Morgan fingerprint density at radius 1 is 1.16 bits per heavy atom. The molecule has 1 fully saturated rings. The average molecular weight is 459 g/mol. The molecule has 0 bridgehead atoms. The number of nitrogens with zero attached hydrogens (tertiary/aromatic N) is 2. The number of hydrogen-bond acceptors (Lipinski definition) is 6. The molecule has 0 atom stereocenters. The zero-order valence-electron chi connectivity index (χ0n) is 15.8. The van der Waals surface area contributed by atoms with Crippen molar-refractivity contribution in [3.8, 4) is 11.3 Å². The molecule has 1 aliphatic rings. The Labute approximate surface area is 184 Å². The number of aryl methyl sites for hydroxylation is 1. The molecule has 2 aromatic carbocycles. The first-order valence-electron chi connectivity index (χ1n) is 8.83. The summed E-state index contributed by atoms with van der Waals surface area (Å²) in [5, 5.41) is 10.6. The SMILES string of the molecule is Cc1ccc(-c2ccc(/C=C3/SC(=O)N(c4ccc(F)c(Cl)c4)C3=O)o2)c([N+](=O)[O-])c1. The molecule has 7 nitrogen and oxygen atoms in total. The quantitative estimate of drug-likeness (QED) is 0.262. The second-order valence-electron chi connectivity index (χ2n) is 6.60. The van der Waals surface area contributed by atoms with Crippen LogP contribution in [0.5, 0.6) is 0 Å². The lowest BCUT2D eigenvalue weighted by atomic mass is 10.1. The van der Waals surface area contributed by atoms with Crippen LogP contribution in [0.25, 0.3) is 17.4 Å². The van der Waals surface area contributed by atoms with Crippen molar-refractivity contribution in [2.75, 3.05) is 4.90 Å². The standard InChI is InChI=1S/C21H12ClFN2O5S/c1-11-2-5-14(17(8-11)25(28)29)18-7-4-13(30-18)10-19-20(26)24(21(27)31-19)12-3-6-16(23)15(22)9-12/h2-10H,1H3/b19-10+. The fraction of sp³-hybridized carbons (Fsp3) is 0.0476. The highest BCUT2D eigenvalue weighted by Gasteiger charge is 2.36. The fourth-order valence-corrected chi connectivity index (χ4v) is 4.02. The molecule has 0 spiro atoms. The topological polar surface area (TPSA) is 93.7 Å². The van der Waals surface area contributed by atoms with E-state index in [1.807, 2.05) is 0 Å². The number of rotatable bonds is 4. The van der Waals surface area contributed by atoms with Crippen LogP contribution in [0.4, 0.5) is 20.6 Å². The molecule has 1 aromatic heterocycles. The largest absolute Gasteiger partial charge is 0.456 e. The highest BCUT2D eigenvalue weighted by Crippen LogP contribution is 2.38. The monoisotopic (exact) mass is 458 g/mol. The normalized spacial score (nSPS) is 15.2. The zero-order valence-corrected chi connectivity index (χ0v) is 17.4. The summed E-state index contributed by atoms with van der Waals surface area (Å²) in [5.74, 6) is -0.784. The van der Waals surface area contributed by atoms with Crippen LogP contribution in [0.1, 0.15) is 11.3 Å². The molecule has 3 aromatic rings. The summed E-state index contributed by atoms with van der Waals surface area (Å²) in [6, 6.07) is 11.4. The average Bonchev–Trinajstić information content (AvgIpc) is 3.28. The van der Waals surface area contributed by atoms with E-state index in [0.717, 1.165) is 16.5 Å². The molecule has 2 amide bonds. The number of halogens is 2. The van der Waals surface area contributed by atoms with Gasteiger partial charge in [-0.2, -0.15) is 0 Å². The Bertz CT molecular complexity index is 1290. The third-order valence-corrected chi connectivity index (χ3v) is 5.63. The molecule has 0 radical (unpaired) electrons. The van der Waals surface area contributed by atoms with Crippen LogP contribution >= 0.6 is 23.4 Å². The Kier molecular flexibility index (Phi) is 5.38. The first-order valence-corrected chi connectivity index (χ1v) is 10.0. The first kappa shape index (κ1) is 20.8. The number of benzene rings is 2. The number of thioether (sulfide) groups is 1. The van der Waals surface area contributed by atoms with Crippen molar-refractivity contribution in [1.29, 1.82) is 0 Å². The van der Waals surface area contributed by atoms with Gasteiger partial charge in [0.15, 0.2) is 0 Å². The van der Waals surface area contributed by atoms with Gasteiger partial charge in [0.2, 0.25) is 0 Å². The Hall–Kier alpha value is -3.43. The first-order chi connectivity index (χ1) is 14.7. The predicted octanol–water partition coefficient (Wildman–Crippen LogP) is 6.20. The maximum Gasteiger partial charge on any atom is 0.298 e. The van der Waals surface area contributed by atoms with E-state index in [2.05, 4.69) is 0 Å². The molecule has 0 saturated carbocycles. The summed E-state index contributed by atoms with van der Waals surface area (Å²) in [4.78, 5) is 36.9. The van der Waals surface area contributed by atoms with Gasteiger partial charge >= 0.3 is 0 Å². The van der Waals surface area contributed by atoms with E-state index in [1.165, 1.54) is 24.3 Å². The van der Waals surface area contributed by atoms with Gasteiger partial charge in [-0.15, -0.1) is 0 Å². The van der Waals surface area contributed by atoms with E-state index in [4.69, 9.17) is 16.0 Å². The van der Waals surface area contributed by atoms with Gasteiger partial charge in [0, 0.05) is 12.1 Å². The Morgan fingerprint density at radius 2 is 1.94 bits per heavy atom. The van der Waals surface area contributed by atoms with Crippen LogP contribution in [-0.4, -0.2) is 16.1 Å². The summed E-state index contributed by atoms with van der Waals surface area (Å²) >= 11 is 6.44. The van der Waals surface area contributed by atoms with Crippen LogP contribution in [0.2, 0.25) is 5.02 Å². The third-order valence-electron chi connectivity index (χ3n) is 4.47. The van der Waals surface area contributed by atoms with E-state index in [1.54, 1.807) is 31.2 Å². The van der Waals surface area contributed by atoms with Crippen LogP contribution in [0.3, 0.4) is 0 Å². The highest BCUT2D eigenvalue weighted by molar-refractivity contribution is 8.19.